The standard InChI is InChI=1S/C16H13BrN2O6/c17-12-4-2-1-3-10(12)15(23)19-18-14(22)8-25-16(24)11-6-5-9(20)7-13(11)21/h1-7,20-21H,8H2,(H,18,22)(H,19,23). The third-order valence-corrected chi connectivity index (χ3v) is 3.66. The Morgan fingerprint density at radius 1 is 1.00 bits per heavy atom. The van der Waals surface area contributed by atoms with E-state index in [4.69, 9.17) is 9.84 Å². The molecule has 0 fully saturated rings. The van der Waals surface area contributed by atoms with Gasteiger partial charge < -0.3 is 14.9 Å². The van der Waals surface area contributed by atoms with Crippen molar-refractivity contribution in [2.75, 3.05) is 6.61 Å². The minimum atomic E-state index is -0.954. The number of hydrogen-bond acceptors (Lipinski definition) is 6. The predicted octanol–water partition coefficient (Wildman–Crippen LogP) is 1.48. The lowest BCUT2D eigenvalue weighted by Crippen LogP contribution is -2.43. The maximum Gasteiger partial charge on any atom is 0.342 e. The maximum atomic E-state index is 11.9. The Balaban J connectivity index is 1.83. The summed E-state index contributed by atoms with van der Waals surface area (Å²) in [7, 11) is 0. The highest BCUT2D eigenvalue weighted by Gasteiger charge is 2.15. The molecule has 2 aromatic rings. The Labute approximate surface area is 150 Å². The van der Waals surface area contributed by atoms with E-state index in [9.17, 15) is 19.5 Å². The summed E-state index contributed by atoms with van der Waals surface area (Å²) >= 11 is 3.21. The van der Waals surface area contributed by atoms with Gasteiger partial charge in [-0.15, -0.1) is 0 Å². The fraction of sp³-hybridized carbons (Fsp3) is 0.0625. The van der Waals surface area contributed by atoms with Crippen LogP contribution in [0, 0.1) is 0 Å². The molecule has 0 atom stereocenters. The number of carbonyl (C=O) groups excluding carboxylic acids is 3. The molecule has 0 aliphatic rings. The zero-order valence-corrected chi connectivity index (χ0v) is 14.2. The average molecular weight is 409 g/mol. The Hall–Kier alpha value is -3.07. The van der Waals surface area contributed by atoms with Gasteiger partial charge in [-0.1, -0.05) is 12.1 Å². The number of phenols is 2. The molecule has 0 saturated heterocycles. The Morgan fingerprint density at radius 3 is 2.40 bits per heavy atom. The van der Waals surface area contributed by atoms with Gasteiger partial charge in [-0.05, 0) is 40.2 Å². The summed E-state index contributed by atoms with van der Waals surface area (Å²) in [5.74, 6) is -2.98. The van der Waals surface area contributed by atoms with Gasteiger partial charge in [0.25, 0.3) is 11.8 Å². The number of hydrogen-bond donors (Lipinski definition) is 4. The summed E-state index contributed by atoms with van der Waals surface area (Å²) in [5.41, 5.74) is 4.39. The van der Waals surface area contributed by atoms with Crippen LogP contribution < -0.4 is 10.9 Å². The van der Waals surface area contributed by atoms with E-state index in [0.717, 1.165) is 12.1 Å². The van der Waals surface area contributed by atoms with E-state index in [2.05, 4.69) is 26.8 Å². The highest BCUT2D eigenvalue weighted by Crippen LogP contribution is 2.23. The molecule has 0 saturated carbocycles. The van der Waals surface area contributed by atoms with E-state index in [1.165, 1.54) is 6.07 Å². The smallest absolute Gasteiger partial charge is 0.342 e. The fourth-order valence-electron chi connectivity index (χ4n) is 1.78. The first-order valence-electron chi connectivity index (χ1n) is 6.91. The molecule has 2 aromatic carbocycles. The molecule has 0 aliphatic heterocycles. The summed E-state index contributed by atoms with van der Waals surface area (Å²) in [4.78, 5) is 35.3. The van der Waals surface area contributed by atoms with Gasteiger partial charge in [-0.2, -0.15) is 0 Å². The number of rotatable bonds is 4. The molecule has 0 bridgehead atoms. The molecule has 0 heterocycles. The number of phenolic OH excluding ortho intramolecular Hbond substituents is 2. The van der Waals surface area contributed by atoms with Gasteiger partial charge >= 0.3 is 5.97 Å². The van der Waals surface area contributed by atoms with E-state index in [-0.39, 0.29) is 11.3 Å². The van der Waals surface area contributed by atoms with Crippen molar-refractivity contribution in [2.45, 2.75) is 0 Å². The molecule has 25 heavy (non-hydrogen) atoms. The molecule has 2 rings (SSSR count). The summed E-state index contributed by atoms with van der Waals surface area (Å²) in [6.45, 7) is -0.671. The van der Waals surface area contributed by atoms with Crippen molar-refractivity contribution in [1.29, 1.82) is 0 Å². The second kappa shape index (κ2) is 8.15. The summed E-state index contributed by atoms with van der Waals surface area (Å²) < 4.78 is 5.27. The Morgan fingerprint density at radius 2 is 1.72 bits per heavy atom. The van der Waals surface area contributed by atoms with Crippen LogP contribution >= 0.6 is 15.9 Å². The van der Waals surface area contributed by atoms with Crippen molar-refractivity contribution in [3.8, 4) is 11.5 Å². The quantitative estimate of drug-likeness (QED) is 0.448. The van der Waals surface area contributed by atoms with Crippen LogP contribution in [0.3, 0.4) is 0 Å². The molecule has 2 amide bonds. The minimum Gasteiger partial charge on any atom is -0.508 e. The summed E-state index contributed by atoms with van der Waals surface area (Å²) in [5, 5.41) is 18.7. The molecule has 0 aliphatic carbocycles. The third-order valence-electron chi connectivity index (χ3n) is 2.97. The van der Waals surface area contributed by atoms with Crippen LogP contribution in [0.15, 0.2) is 46.9 Å². The first-order chi connectivity index (χ1) is 11.9. The SMILES string of the molecule is O=C(COC(=O)c1ccc(O)cc1O)NNC(=O)c1ccccc1Br. The molecular weight excluding hydrogens is 396 g/mol. The van der Waals surface area contributed by atoms with E-state index in [1.54, 1.807) is 24.3 Å². The largest absolute Gasteiger partial charge is 0.508 e. The molecule has 4 N–H and O–H groups in total. The van der Waals surface area contributed by atoms with Crippen LogP contribution in [-0.2, 0) is 9.53 Å². The second-order valence-electron chi connectivity index (χ2n) is 4.76. The lowest BCUT2D eigenvalue weighted by Gasteiger charge is -2.09. The number of benzene rings is 2. The number of halogens is 1. The van der Waals surface area contributed by atoms with E-state index >= 15 is 0 Å². The molecule has 0 radical (unpaired) electrons. The summed E-state index contributed by atoms with van der Waals surface area (Å²) in [6, 6.07) is 9.93. The van der Waals surface area contributed by atoms with Crippen LogP contribution in [0.1, 0.15) is 20.7 Å². The number of hydrazine groups is 1. The first-order valence-corrected chi connectivity index (χ1v) is 7.70. The van der Waals surface area contributed by atoms with Gasteiger partial charge in [0.2, 0.25) is 0 Å². The van der Waals surface area contributed by atoms with Crippen molar-refractivity contribution in [3.63, 3.8) is 0 Å². The van der Waals surface area contributed by atoms with E-state index in [1.807, 2.05) is 0 Å². The third kappa shape index (κ3) is 4.95. The van der Waals surface area contributed by atoms with Crippen LogP contribution in [0.5, 0.6) is 11.5 Å². The molecule has 0 unspecified atom stereocenters. The van der Waals surface area contributed by atoms with Crippen LogP contribution in [0.2, 0.25) is 0 Å². The van der Waals surface area contributed by atoms with Gasteiger partial charge in [-0.3, -0.25) is 20.4 Å². The number of ether oxygens (including phenoxy) is 1. The molecule has 8 nitrogen and oxygen atoms in total. The summed E-state index contributed by atoms with van der Waals surface area (Å²) in [6.07, 6.45) is 0. The number of carbonyl (C=O) groups is 3. The van der Waals surface area contributed by atoms with Gasteiger partial charge in [-0.25, -0.2) is 4.79 Å². The van der Waals surface area contributed by atoms with Crippen molar-refractivity contribution in [2.24, 2.45) is 0 Å². The van der Waals surface area contributed by atoms with Crippen molar-refractivity contribution in [3.05, 3.63) is 58.1 Å². The average Bonchev–Trinajstić information content (AvgIpc) is 2.58. The minimum absolute atomic E-state index is 0.206. The normalized spacial score (nSPS) is 9.96. The van der Waals surface area contributed by atoms with E-state index in [0.29, 0.717) is 10.0 Å². The van der Waals surface area contributed by atoms with Crippen molar-refractivity contribution < 1.29 is 29.3 Å². The highest BCUT2D eigenvalue weighted by atomic mass is 79.9. The monoisotopic (exact) mass is 408 g/mol. The highest BCUT2D eigenvalue weighted by molar-refractivity contribution is 9.10. The topological polar surface area (TPSA) is 125 Å². The van der Waals surface area contributed by atoms with Gasteiger partial charge in [0.05, 0.1) is 5.56 Å². The maximum absolute atomic E-state index is 11.9. The second-order valence-corrected chi connectivity index (χ2v) is 5.61. The number of amides is 2. The lowest BCUT2D eigenvalue weighted by molar-refractivity contribution is -0.125. The molecule has 130 valence electrons. The zero-order valence-electron chi connectivity index (χ0n) is 12.7. The number of esters is 1. The first kappa shape index (κ1) is 18.3. The van der Waals surface area contributed by atoms with Crippen molar-refractivity contribution in [1.82, 2.24) is 10.9 Å². The van der Waals surface area contributed by atoms with Gasteiger partial charge in [0.1, 0.15) is 17.1 Å². The zero-order chi connectivity index (χ0) is 18.4. The Bertz CT molecular complexity index is 824. The fourth-order valence-corrected chi connectivity index (χ4v) is 2.24. The van der Waals surface area contributed by atoms with Crippen LogP contribution in [0.25, 0.3) is 0 Å². The Kier molecular flexibility index (Phi) is 5.96. The van der Waals surface area contributed by atoms with Crippen molar-refractivity contribution >= 4 is 33.7 Å². The molecule has 0 aromatic heterocycles. The number of nitrogens with one attached hydrogen (secondary N) is 2. The van der Waals surface area contributed by atoms with Crippen LogP contribution in [0.4, 0.5) is 0 Å². The van der Waals surface area contributed by atoms with Crippen LogP contribution in [-0.4, -0.2) is 34.6 Å². The van der Waals surface area contributed by atoms with E-state index < -0.39 is 30.1 Å². The molecular formula is C16H13BrN2O6. The number of aromatic hydroxyl groups is 2. The van der Waals surface area contributed by atoms with Gasteiger partial charge in [0, 0.05) is 10.5 Å². The predicted molar refractivity (Wildman–Crippen MR) is 89.8 cm³/mol. The van der Waals surface area contributed by atoms with Gasteiger partial charge in [0.15, 0.2) is 6.61 Å². The molecule has 9 heteroatoms. The molecule has 0 spiro atoms. The lowest BCUT2D eigenvalue weighted by atomic mass is 10.2.